The van der Waals surface area contributed by atoms with Crippen molar-refractivity contribution in [2.24, 2.45) is 0 Å². The summed E-state index contributed by atoms with van der Waals surface area (Å²) in [5.74, 6) is 0. The van der Waals surface area contributed by atoms with Gasteiger partial charge in [-0.15, -0.1) is 6.58 Å². The molecule has 1 aliphatic heterocycles. The Balaban J connectivity index is 2.20. The average Bonchev–Trinajstić information content (AvgIpc) is 2.25. The summed E-state index contributed by atoms with van der Waals surface area (Å²) in [5, 5.41) is 0. The highest BCUT2D eigenvalue weighted by molar-refractivity contribution is 4.80. The van der Waals surface area contributed by atoms with Gasteiger partial charge in [0.1, 0.15) is 0 Å². The van der Waals surface area contributed by atoms with Crippen molar-refractivity contribution in [2.75, 3.05) is 6.61 Å². The first kappa shape index (κ1) is 11.7. The molecule has 0 spiro atoms. The van der Waals surface area contributed by atoms with E-state index >= 15 is 0 Å². The molecular weight excluding hydrogens is 176 g/mol. The van der Waals surface area contributed by atoms with Crippen LogP contribution in [0.25, 0.3) is 0 Å². The maximum atomic E-state index is 5.80. The van der Waals surface area contributed by atoms with Crippen LogP contribution in [-0.4, -0.2) is 19.0 Å². The molecule has 0 aromatic heterocycles. The molecule has 2 unspecified atom stereocenters. The summed E-state index contributed by atoms with van der Waals surface area (Å²) < 4.78 is 11.3. The third kappa shape index (κ3) is 4.25. The van der Waals surface area contributed by atoms with Gasteiger partial charge in [-0.1, -0.05) is 25.8 Å². The second kappa shape index (κ2) is 7.02. The smallest absolute Gasteiger partial charge is 0.158 e. The van der Waals surface area contributed by atoms with Crippen LogP contribution in [0.3, 0.4) is 0 Å². The van der Waals surface area contributed by atoms with E-state index in [-0.39, 0.29) is 12.4 Å². The van der Waals surface area contributed by atoms with Gasteiger partial charge in [0.2, 0.25) is 0 Å². The third-order valence-corrected chi connectivity index (χ3v) is 2.57. The number of unbranched alkanes of at least 4 members (excludes halogenated alkanes) is 1. The Morgan fingerprint density at radius 3 is 3.00 bits per heavy atom. The van der Waals surface area contributed by atoms with Crippen molar-refractivity contribution < 1.29 is 9.47 Å². The first-order chi connectivity index (χ1) is 6.86. The summed E-state index contributed by atoms with van der Waals surface area (Å²) in [6.07, 6.45) is 9.00. The quantitative estimate of drug-likeness (QED) is 0.610. The number of hydrogen-bond donors (Lipinski definition) is 0. The number of rotatable bonds is 6. The van der Waals surface area contributed by atoms with Crippen LogP contribution in [0.4, 0.5) is 0 Å². The summed E-state index contributed by atoms with van der Waals surface area (Å²) in [4.78, 5) is 0. The van der Waals surface area contributed by atoms with Crippen LogP contribution in [0.15, 0.2) is 12.7 Å². The Kier molecular flexibility index (Phi) is 5.88. The van der Waals surface area contributed by atoms with Crippen molar-refractivity contribution in [1.29, 1.82) is 0 Å². The first-order valence-corrected chi connectivity index (χ1v) is 5.76. The lowest BCUT2D eigenvalue weighted by Crippen LogP contribution is -2.26. The second-order valence-corrected chi connectivity index (χ2v) is 3.85. The molecule has 14 heavy (non-hydrogen) atoms. The van der Waals surface area contributed by atoms with Crippen molar-refractivity contribution in [3.63, 3.8) is 0 Å². The molecule has 1 aliphatic rings. The summed E-state index contributed by atoms with van der Waals surface area (Å²) in [5.41, 5.74) is 0. The van der Waals surface area contributed by atoms with Crippen molar-refractivity contribution in [1.82, 2.24) is 0 Å². The van der Waals surface area contributed by atoms with Crippen molar-refractivity contribution in [3.8, 4) is 0 Å². The molecular formula is C12H22O2. The van der Waals surface area contributed by atoms with Crippen LogP contribution in [0.1, 0.15) is 45.4 Å². The fourth-order valence-electron chi connectivity index (χ4n) is 1.66. The molecule has 0 aliphatic carbocycles. The first-order valence-electron chi connectivity index (χ1n) is 5.76. The highest BCUT2D eigenvalue weighted by atomic mass is 16.7. The molecule has 0 aromatic rings. The van der Waals surface area contributed by atoms with Gasteiger partial charge in [0, 0.05) is 6.61 Å². The monoisotopic (exact) mass is 198 g/mol. The van der Waals surface area contributed by atoms with E-state index < -0.39 is 0 Å². The van der Waals surface area contributed by atoms with E-state index in [1.807, 2.05) is 6.08 Å². The molecule has 1 rings (SSSR count). The highest BCUT2D eigenvalue weighted by Crippen LogP contribution is 2.17. The normalized spacial score (nSPS) is 24.5. The fourth-order valence-corrected chi connectivity index (χ4v) is 1.66. The Bertz CT molecular complexity index is 150. The van der Waals surface area contributed by atoms with E-state index in [1.54, 1.807) is 0 Å². The van der Waals surface area contributed by atoms with Crippen LogP contribution in [-0.2, 0) is 9.47 Å². The number of ether oxygens (including phenoxy) is 2. The minimum Gasteiger partial charge on any atom is -0.353 e. The van der Waals surface area contributed by atoms with Crippen molar-refractivity contribution in [3.05, 3.63) is 12.7 Å². The lowest BCUT2D eigenvalue weighted by atomic mass is 10.1. The van der Waals surface area contributed by atoms with Crippen molar-refractivity contribution in [2.45, 2.75) is 57.8 Å². The molecule has 2 heteroatoms. The zero-order valence-corrected chi connectivity index (χ0v) is 9.21. The maximum Gasteiger partial charge on any atom is 0.158 e. The van der Waals surface area contributed by atoms with Gasteiger partial charge in [0.15, 0.2) is 6.29 Å². The molecule has 1 saturated heterocycles. The molecule has 0 radical (unpaired) electrons. The average molecular weight is 198 g/mol. The molecule has 2 atom stereocenters. The van der Waals surface area contributed by atoms with Gasteiger partial charge >= 0.3 is 0 Å². The molecule has 1 fully saturated rings. The molecule has 0 N–H and O–H groups in total. The van der Waals surface area contributed by atoms with Crippen LogP contribution in [0.2, 0.25) is 0 Å². The van der Waals surface area contributed by atoms with E-state index in [0.29, 0.717) is 0 Å². The van der Waals surface area contributed by atoms with Crippen molar-refractivity contribution >= 4 is 0 Å². The van der Waals surface area contributed by atoms with Crippen LogP contribution < -0.4 is 0 Å². The summed E-state index contributed by atoms with van der Waals surface area (Å²) in [7, 11) is 0. The Hall–Kier alpha value is -0.340. The van der Waals surface area contributed by atoms with Gasteiger partial charge < -0.3 is 9.47 Å². The maximum absolute atomic E-state index is 5.80. The van der Waals surface area contributed by atoms with Gasteiger partial charge in [-0.25, -0.2) is 0 Å². The highest BCUT2D eigenvalue weighted by Gasteiger charge is 2.17. The summed E-state index contributed by atoms with van der Waals surface area (Å²) in [6.45, 7) is 6.84. The molecule has 2 nitrogen and oxygen atoms in total. The van der Waals surface area contributed by atoms with Gasteiger partial charge in [-0.2, -0.15) is 0 Å². The Morgan fingerprint density at radius 2 is 2.43 bits per heavy atom. The lowest BCUT2D eigenvalue weighted by molar-refractivity contribution is -0.179. The zero-order valence-electron chi connectivity index (χ0n) is 9.21. The predicted octanol–water partition coefficient (Wildman–Crippen LogP) is 3.27. The van der Waals surface area contributed by atoms with Crippen LogP contribution in [0, 0.1) is 0 Å². The van der Waals surface area contributed by atoms with Gasteiger partial charge in [0.25, 0.3) is 0 Å². The SMILES string of the molecule is C=CC(CCCC)OC1CCCCO1. The van der Waals surface area contributed by atoms with E-state index in [4.69, 9.17) is 9.47 Å². The third-order valence-electron chi connectivity index (χ3n) is 2.57. The van der Waals surface area contributed by atoms with Crippen LogP contribution in [0.5, 0.6) is 0 Å². The number of hydrogen-bond acceptors (Lipinski definition) is 2. The van der Waals surface area contributed by atoms with Gasteiger partial charge in [-0.3, -0.25) is 0 Å². The summed E-state index contributed by atoms with van der Waals surface area (Å²) in [6, 6.07) is 0. The fraction of sp³-hybridized carbons (Fsp3) is 0.833. The molecule has 0 saturated carbocycles. The van der Waals surface area contributed by atoms with Crippen LogP contribution >= 0.6 is 0 Å². The van der Waals surface area contributed by atoms with Gasteiger partial charge in [-0.05, 0) is 25.7 Å². The van der Waals surface area contributed by atoms with E-state index in [0.717, 1.165) is 19.4 Å². The Labute approximate surface area is 87.3 Å². The van der Waals surface area contributed by atoms with E-state index in [1.165, 1.54) is 25.7 Å². The summed E-state index contributed by atoms with van der Waals surface area (Å²) >= 11 is 0. The molecule has 82 valence electrons. The second-order valence-electron chi connectivity index (χ2n) is 3.85. The standard InChI is InChI=1S/C12H22O2/c1-3-5-8-11(4-2)14-12-9-6-7-10-13-12/h4,11-12H,2-3,5-10H2,1H3. The molecule has 1 heterocycles. The lowest BCUT2D eigenvalue weighted by Gasteiger charge is -2.26. The predicted molar refractivity (Wildman–Crippen MR) is 58.2 cm³/mol. The topological polar surface area (TPSA) is 18.5 Å². The molecule has 0 aromatic carbocycles. The zero-order chi connectivity index (χ0) is 10.2. The van der Waals surface area contributed by atoms with E-state index in [9.17, 15) is 0 Å². The van der Waals surface area contributed by atoms with E-state index in [2.05, 4.69) is 13.5 Å². The Morgan fingerprint density at radius 1 is 1.57 bits per heavy atom. The van der Waals surface area contributed by atoms with Gasteiger partial charge in [0.05, 0.1) is 6.10 Å². The largest absolute Gasteiger partial charge is 0.353 e. The minimum absolute atomic E-state index is 0.0172. The minimum atomic E-state index is 0.0172. The molecule has 0 bridgehead atoms. The molecule has 0 amide bonds.